The predicted molar refractivity (Wildman–Crippen MR) is 71.0 cm³/mol. The molecule has 2 N–H and O–H groups in total. The Morgan fingerprint density at radius 2 is 1.71 bits per heavy atom. The predicted octanol–water partition coefficient (Wildman–Crippen LogP) is 2.70. The molecule has 1 fully saturated rings. The van der Waals surface area contributed by atoms with Crippen molar-refractivity contribution >= 4 is 0 Å². The monoisotopic (exact) mass is 233 g/mol. The van der Waals surface area contributed by atoms with Gasteiger partial charge in [0, 0.05) is 12.6 Å². The Labute approximate surface area is 104 Å². The first-order chi connectivity index (χ1) is 8.16. The van der Waals surface area contributed by atoms with Crippen LogP contribution in [0.2, 0.25) is 0 Å². The van der Waals surface area contributed by atoms with Gasteiger partial charge in [-0.2, -0.15) is 0 Å². The van der Waals surface area contributed by atoms with E-state index in [-0.39, 0.29) is 6.10 Å². The first-order valence-electron chi connectivity index (χ1n) is 6.63. The molecule has 1 aliphatic rings. The SMILES string of the molecule is Cc1cccc(C)c1CNC1CCC(O)CC1. The van der Waals surface area contributed by atoms with Crippen LogP contribution in [-0.2, 0) is 6.54 Å². The van der Waals surface area contributed by atoms with E-state index in [9.17, 15) is 5.11 Å². The molecule has 0 aliphatic heterocycles. The second-order valence-electron chi connectivity index (χ2n) is 5.26. The van der Waals surface area contributed by atoms with Gasteiger partial charge >= 0.3 is 0 Å². The average molecular weight is 233 g/mol. The molecule has 0 atom stereocenters. The third-order valence-electron chi connectivity index (χ3n) is 3.91. The molecule has 1 saturated carbocycles. The van der Waals surface area contributed by atoms with E-state index in [0.29, 0.717) is 6.04 Å². The highest BCUT2D eigenvalue weighted by molar-refractivity contribution is 5.33. The Hall–Kier alpha value is -0.860. The molecule has 0 aromatic heterocycles. The Bertz CT molecular complexity index is 347. The third-order valence-corrected chi connectivity index (χ3v) is 3.91. The van der Waals surface area contributed by atoms with E-state index in [0.717, 1.165) is 32.2 Å². The fourth-order valence-electron chi connectivity index (χ4n) is 2.65. The summed E-state index contributed by atoms with van der Waals surface area (Å²) < 4.78 is 0. The lowest BCUT2D eigenvalue weighted by Crippen LogP contribution is -2.34. The quantitative estimate of drug-likeness (QED) is 0.841. The Morgan fingerprint density at radius 1 is 1.12 bits per heavy atom. The fraction of sp³-hybridized carbons (Fsp3) is 0.600. The highest BCUT2D eigenvalue weighted by Crippen LogP contribution is 2.20. The lowest BCUT2D eigenvalue weighted by molar-refractivity contribution is 0.116. The first-order valence-corrected chi connectivity index (χ1v) is 6.63. The van der Waals surface area contributed by atoms with Crippen molar-refractivity contribution in [1.82, 2.24) is 5.32 Å². The number of nitrogens with one attached hydrogen (secondary N) is 1. The smallest absolute Gasteiger partial charge is 0.0541 e. The van der Waals surface area contributed by atoms with Crippen LogP contribution < -0.4 is 5.32 Å². The van der Waals surface area contributed by atoms with Gasteiger partial charge in [0.05, 0.1) is 6.10 Å². The van der Waals surface area contributed by atoms with Crippen LogP contribution in [0.25, 0.3) is 0 Å². The topological polar surface area (TPSA) is 32.3 Å². The zero-order chi connectivity index (χ0) is 12.3. The van der Waals surface area contributed by atoms with Crippen LogP contribution in [0, 0.1) is 13.8 Å². The van der Waals surface area contributed by atoms with Gasteiger partial charge in [-0.15, -0.1) is 0 Å². The van der Waals surface area contributed by atoms with Crippen LogP contribution in [-0.4, -0.2) is 17.3 Å². The highest BCUT2D eigenvalue weighted by atomic mass is 16.3. The minimum Gasteiger partial charge on any atom is -0.393 e. The van der Waals surface area contributed by atoms with Gasteiger partial charge in [0.25, 0.3) is 0 Å². The fourth-order valence-corrected chi connectivity index (χ4v) is 2.65. The van der Waals surface area contributed by atoms with Gasteiger partial charge in [-0.3, -0.25) is 0 Å². The number of hydrogen-bond donors (Lipinski definition) is 2. The molecule has 1 aromatic carbocycles. The third kappa shape index (κ3) is 3.30. The maximum Gasteiger partial charge on any atom is 0.0541 e. The summed E-state index contributed by atoms with van der Waals surface area (Å²) in [6.45, 7) is 5.31. The highest BCUT2D eigenvalue weighted by Gasteiger charge is 2.18. The molecule has 0 bridgehead atoms. The summed E-state index contributed by atoms with van der Waals surface area (Å²) in [7, 11) is 0. The molecule has 0 saturated heterocycles. The number of aliphatic hydroxyl groups excluding tert-OH is 1. The van der Waals surface area contributed by atoms with Gasteiger partial charge in [0.15, 0.2) is 0 Å². The van der Waals surface area contributed by atoms with Gasteiger partial charge in [-0.05, 0) is 56.2 Å². The maximum absolute atomic E-state index is 9.47. The van der Waals surface area contributed by atoms with E-state index in [1.165, 1.54) is 16.7 Å². The molecule has 0 unspecified atom stereocenters. The van der Waals surface area contributed by atoms with Crippen LogP contribution in [0.1, 0.15) is 42.4 Å². The molecule has 1 aromatic rings. The van der Waals surface area contributed by atoms with Crippen molar-refractivity contribution in [3.05, 3.63) is 34.9 Å². The van der Waals surface area contributed by atoms with E-state index in [1.54, 1.807) is 0 Å². The van der Waals surface area contributed by atoms with Crippen LogP contribution >= 0.6 is 0 Å². The Morgan fingerprint density at radius 3 is 2.29 bits per heavy atom. The second-order valence-corrected chi connectivity index (χ2v) is 5.26. The number of benzene rings is 1. The average Bonchev–Trinajstić information content (AvgIpc) is 2.31. The van der Waals surface area contributed by atoms with Crippen molar-refractivity contribution in [2.24, 2.45) is 0 Å². The molecular weight excluding hydrogens is 210 g/mol. The number of rotatable bonds is 3. The summed E-state index contributed by atoms with van der Waals surface area (Å²) in [6, 6.07) is 7.05. The number of aliphatic hydroxyl groups is 1. The van der Waals surface area contributed by atoms with Gasteiger partial charge in [-0.1, -0.05) is 18.2 Å². The van der Waals surface area contributed by atoms with Crippen molar-refractivity contribution in [3.63, 3.8) is 0 Å². The molecule has 0 heterocycles. The lowest BCUT2D eigenvalue weighted by Gasteiger charge is -2.26. The largest absolute Gasteiger partial charge is 0.393 e. The molecule has 94 valence electrons. The molecule has 1 aliphatic carbocycles. The van der Waals surface area contributed by atoms with Crippen molar-refractivity contribution in [2.45, 2.75) is 58.2 Å². The normalized spacial score (nSPS) is 24.9. The first kappa shape index (κ1) is 12.6. The van der Waals surface area contributed by atoms with Crippen molar-refractivity contribution < 1.29 is 5.11 Å². The maximum atomic E-state index is 9.47. The standard InChI is InChI=1S/C15H23NO/c1-11-4-3-5-12(2)15(11)10-16-13-6-8-14(17)9-7-13/h3-5,13-14,16-17H,6-10H2,1-2H3. The molecule has 0 spiro atoms. The van der Waals surface area contributed by atoms with Crippen molar-refractivity contribution in [3.8, 4) is 0 Å². The van der Waals surface area contributed by atoms with Crippen LogP contribution in [0.15, 0.2) is 18.2 Å². The van der Waals surface area contributed by atoms with Crippen LogP contribution in [0.3, 0.4) is 0 Å². The zero-order valence-corrected chi connectivity index (χ0v) is 10.9. The summed E-state index contributed by atoms with van der Waals surface area (Å²) in [5.41, 5.74) is 4.17. The molecule has 2 heteroatoms. The molecule has 17 heavy (non-hydrogen) atoms. The van der Waals surface area contributed by atoms with Gasteiger partial charge in [0.1, 0.15) is 0 Å². The van der Waals surface area contributed by atoms with Gasteiger partial charge < -0.3 is 10.4 Å². The van der Waals surface area contributed by atoms with Crippen LogP contribution in [0.4, 0.5) is 0 Å². The van der Waals surface area contributed by atoms with E-state index in [4.69, 9.17) is 0 Å². The lowest BCUT2D eigenvalue weighted by atomic mass is 9.92. The summed E-state index contributed by atoms with van der Waals surface area (Å²) in [5.74, 6) is 0. The number of aryl methyl sites for hydroxylation is 2. The van der Waals surface area contributed by atoms with E-state index < -0.39 is 0 Å². The molecule has 0 amide bonds. The minimum atomic E-state index is -0.0618. The molecular formula is C15H23NO. The van der Waals surface area contributed by atoms with Gasteiger partial charge in [0.2, 0.25) is 0 Å². The minimum absolute atomic E-state index is 0.0618. The molecule has 2 rings (SSSR count). The summed E-state index contributed by atoms with van der Waals surface area (Å²) >= 11 is 0. The second kappa shape index (κ2) is 5.65. The molecule has 0 radical (unpaired) electrons. The van der Waals surface area contributed by atoms with E-state index in [2.05, 4.69) is 37.4 Å². The number of hydrogen-bond acceptors (Lipinski definition) is 2. The Kier molecular flexibility index (Phi) is 4.19. The zero-order valence-electron chi connectivity index (χ0n) is 10.9. The van der Waals surface area contributed by atoms with Crippen LogP contribution in [0.5, 0.6) is 0 Å². The summed E-state index contributed by atoms with van der Waals surface area (Å²) in [5, 5.41) is 13.1. The summed E-state index contributed by atoms with van der Waals surface area (Å²) in [6.07, 6.45) is 4.04. The summed E-state index contributed by atoms with van der Waals surface area (Å²) in [4.78, 5) is 0. The Balaban J connectivity index is 1.89. The van der Waals surface area contributed by atoms with Crippen molar-refractivity contribution in [2.75, 3.05) is 0 Å². The van der Waals surface area contributed by atoms with Crippen molar-refractivity contribution in [1.29, 1.82) is 0 Å². The van der Waals surface area contributed by atoms with E-state index in [1.807, 2.05) is 0 Å². The van der Waals surface area contributed by atoms with E-state index >= 15 is 0 Å². The van der Waals surface area contributed by atoms with Gasteiger partial charge in [-0.25, -0.2) is 0 Å². The molecule has 2 nitrogen and oxygen atoms in total.